The first-order valence-corrected chi connectivity index (χ1v) is 8.62. The number of aromatic nitrogens is 1. The third-order valence-corrected chi connectivity index (χ3v) is 4.42. The number of fused-ring (bicyclic) bond motifs is 2. The van der Waals surface area contributed by atoms with Crippen LogP contribution in [0.15, 0.2) is 42.6 Å². The summed E-state index contributed by atoms with van der Waals surface area (Å²) >= 11 is 0. The summed E-state index contributed by atoms with van der Waals surface area (Å²) in [6.07, 6.45) is 1.28. The van der Waals surface area contributed by atoms with Gasteiger partial charge in [-0.3, -0.25) is 14.5 Å². The lowest BCUT2D eigenvalue weighted by Gasteiger charge is -2.31. The van der Waals surface area contributed by atoms with E-state index in [4.69, 9.17) is 14.2 Å². The molecule has 0 fully saturated rings. The van der Waals surface area contributed by atoms with E-state index in [9.17, 15) is 9.59 Å². The molecule has 4 rings (SSSR count). The molecular formula is C19H19N3O5. The molecule has 1 atom stereocenters. The molecule has 0 N–H and O–H groups in total. The van der Waals surface area contributed by atoms with E-state index >= 15 is 0 Å². The zero-order valence-corrected chi connectivity index (χ0v) is 14.8. The molecule has 1 unspecified atom stereocenters. The molecule has 2 aliphatic heterocycles. The summed E-state index contributed by atoms with van der Waals surface area (Å²) in [6, 6.07) is 10.9. The molecule has 0 saturated heterocycles. The molecular weight excluding hydrogens is 350 g/mol. The van der Waals surface area contributed by atoms with E-state index in [-0.39, 0.29) is 31.1 Å². The van der Waals surface area contributed by atoms with Crippen LogP contribution in [0.2, 0.25) is 0 Å². The maximum Gasteiger partial charge on any atom is 0.266 e. The van der Waals surface area contributed by atoms with Crippen LogP contribution in [0.4, 0.5) is 5.82 Å². The summed E-state index contributed by atoms with van der Waals surface area (Å²) in [6.45, 7) is 0.495. The molecule has 27 heavy (non-hydrogen) atoms. The van der Waals surface area contributed by atoms with Gasteiger partial charge in [-0.05, 0) is 24.3 Å². The highest BCUT2D eigenvalue weighted by molar-refractivity contribution is 6.01. The zero-order chi connectivity index (χ0) is 18.8. The molecule has 1 aromatic carbocycles. The quantitative estimate of drug-likeness (QED) is 0.803. The van der Waals surface area contributed by atoms with Crippen molar-refractivity contribution in [1.29, 1.82) is 0 Å². The monoisotopic (exact) mass is 369 g/mol. The lowest BCUT2D eigenvalue weighted by Crippen LogP contribution is -2.48. The summed E-state index contributed by atoms with van der Waals surface area (Å²) in [5.74, 6) is 1.70. The number of amides is 2. The molecule has 1 aromatic heterocycles. The number of likely N-dealkylation sites (N-methyl/N-ethyl adjacent to an activating group) is 1. The fourth-order valence-corrected chi connectivity index (χ4v) is 3.01. The first-order valence-electron chi connectivity index (χ1n) is 8.62. The van der Waals surface area contributed by atoms with Gasteiger partial charge in [-0.15, -0.1) is 0 Å². The zero-order valence-electron chi connectivity index (χ0n) is 14.8. The number of carbonyl (C=O) groups excluding carboxylic acids is 2. The maximum absolute atomic E-state index is 12.7. The van der Waals surface area contributed by atoms with Crippen molar-refractivity contribution in [3.63, 3.8) is 0 Å². The third-order valence-electron chi connectivity index (χ3n) is 4.42. The van der Waals surface area contributed by atoms with Crippen LogP contribution in [0, 0.1) is 0 Å². The van der Waals surface area contributed by atoms with Crippen LogP contribution in [0.25, 0.3) is 0 Å². The minimum absolute atomic E-state index is 0.104. The highest BCUT2D eigenvalue weighted by atomic mass is 16.6. The van der Waals surface area contributed by atoms with Crippen molar-refractivity contribution in [3.8, 4) is 17.2 Å². The lowest BCUT2D eigenvalue weighted by molar-refractivity contribution is -0.132. The second-order valence-electron chi connectivity index (χ2n) is 6.37. The highest BCUT2D eigenvalue weighted by Gasteiger charge is 2.30. The Bertz CT molecular complexity index is 872. The second kappa shape index (κ2) is 7.14. The van der Waals surface area contributed by atoms with Gasteiger partial charge in [0.15, 0.2) is 35.8 Å². The largest absolute Gasteiger partial charge is 0.486 e. The van der Waals surface area contributed by atoms with E-state index in [1.807, 2.05) is 24.3 Å². The van der Waals surface area contributed by atoms with Gasteiger partial charge in [0.25, 0.3) is 5.91 Å². The Kier molecular flexibility index (Phi) is 4.53. The number of rotatable bonds is 4. The molecule has 0 saturated carbocycles. The van der Waals surface area contributed by atoms with Crippen molar-refractivity contribution < 1.29 is 23.8 Å². The van der Waals surface area contributed by atoms with E-state index in [1.165, 1.54) is 9.80 Å². The van der Waals surface area contributed by atoms with Crippen LogP contribution in [0.1, 0.15) is 0 Å². The van der Waals surface area contributed by atoms with Gasteiger partial charge in [-0.1, -0.05) is 12.1 Å². The number of ether oxygens (including phenoxy) is 3. The summed E-state index contributed by atoms with van der Waals surface area (Å²) in [7, 11) is 1.68. The summed E-state index contributed by atoms with van der Waals surface area (Å²) < 4.78 is 16.9. The lowest BCUT2D eigenvalue weighted by atomic mass is 10.2. The van der Waals surface area contributed by atoms with E-state index < -0.39 is 0 Å². The van der Waals surface area contributed by atoms with Gasteiger partial charge in [-0.2, -0.15) is 0 Å². The molecule has 8 nitrogen and oxygen atoms in total. The molecule has 140 valence electrons. The number of hydrogen-bond donors (Lipinski definition) is 0. The summed E-state index contributed by atoms with van der Waals surface area (Å²) in [5.41, 5.74) is 0. The predicted octanol–water partition coefficient (Wildman–Crippen LogP) is 1.11. The smallest absolute Gasteiger partial charge is 0.266 e. The topological polar surface area (TPSA) is 81.2 Å². The van der Waals surface area contributed by atoms with Gasteiger partial charge < -0.3 is 19.1 Å². The Morgan fingerprint density at radius 3 is 2.81 bits per heavy atom. The number of carbonyl (C=O) groups is 2. The maximum atomic E-state index is 12.7. The van der Waals surface area contributed by atoms with Crippen LogP contribution < -0.4 is 19.1 Å². The first-order chi connectivity index (χ1) is 13.1. The molecule has 2 amide bonds. The van der Waals surface area contributed by atoms with Gasteiger partial charge in [0.2, 0.25) is 5.91 Å². The van der Waals surface area contributed by atoms with Crippen molar-refractivity contribution in [2.45, 2.75) is 6.10 Å². The molecule has 3 heterocycles. The van der Waals surface area contributed by atoms with Crippen molar-refractivity contribution in [1.82, 2.24) is 9.88 Å². The summed E-state index contributed by atoms with van der Waals surface area (Å²) in [5, 5.41) is 0. The minimum atomic E-state index is -0.297. The van der Waals surface area contributed by atoms with E-state index in [0.29, 0.717) is 36.2 Å². The number of pyridine rings is 1. The molecule has 0 bridgehead atoms. The molecule has 2 aromatic rings. The van der Waals surface area contributed by atoms with Crippen LogP contribution in [-0.2, 0) is 9.59 Å². The van der Waals surface area contributed by atoms with Gasteiger partial charge in [0, 0.05) is 13.2 Å². The average Bonchev–Trinajstić information content (AvgIpc) is 2.70. The standard InChI is InChI=1S/C19H19N3O5/c1-21(9-13-11-25-14-5-2-3-6-15(14)27-13)17(23)10-22-18(24)12-26-16-7-4-8-20-19(16)22/h2-8,13H,9-12H2,1H3. The molecule has 0 aliphatic carbocycles. The second-order valence-corrected chi connectivity index (χ2v) is 6.37. The number of benzene rings is 1. The van der Waals surface area contributed by atoms with Crippen LogP contribution in [0.3, 0.4) is 0 Å². The average molecular weight is 369 g/mol. The van der Waals surface area contributed by atoms with E-state index in [1.54, 1.807) is 25.4 Å². The minimum Gasteiger partial charge on any atom is -0.486 e. The molecule has 8 heteroatoms. The van der Waals surface area contributed by atoms with Crippen LogP contribution >= 0.6 is 0 Å². The number of nitrogens with zero attached hydrogens (tertiary/aromatic N) is 3. The van der Waals surface area contributed by atoms with Crippen LogP contribution in [0.5, 0.6) is 17.2 Å². The van der Waals surface area contributed by atoms with Gasteiger partial charge >= 0.3 is 0 Å². The van der Waals surface area contributed by atoms with Gasteiger partial charge in [0.1, 0.15) is 13.2 Å². The third kappa shape index (κ3) is 3.51. The number of anilines is 1. The van der Waals surface area contributed by atoms with Gasteiger partial charge in [-0.25, -0.2) is 4.98 Å². The first kappa shape index (κ1) is 17.1. The van der Waals surface area contributed by atoms with Gasteiger partial charge in [0.05, 0.1) is 6.54 Å². The fraction of sp³-hybridized carbons (Fsp3) is 0.316. The highest BCUT2D eigenvalue weighted by Crippen LogP contribution is 2.31. The van der Waals surface area contributed by atoms with E-state index in [0.717, 1.165) is 0 Å². The Labute approximate surface area is 156 Å². The Balaban J connectivity index is 1.40. The Hall–Kier alpha value is -3.29. The van der Waals surface area contributed by atoms with Crippen LogP contribution in [-0.4, -0.2) is 61.2 Å². The number of hydrogen-bond acceptors (Lipinski definition) is 6. The Morgan fingerprint density at radius 1 is 1.19 bits per heavy atom. The predicted molar refractivity (Wildman–Crippen MR) is 96.1 cm³/mol. The van der Waals surface area contributed by atoms with Crippen molar-refractivity contribution >= 4 is 17.6 Å². The normalized spacial score (nSPS) is 17.7. The van der Waals surface area contributed by atoms with Crippen molar-refractivity contribution in [2.75, 3.05) is 38.3 Å². The van der Waals surface area contributed by atoms with Crippen molar-refractivity contribution in [3.05, 3.63) is 42.6 Å². The molecule has 2 aliphatic rings. The number of para-hydroxylation sites is 2. The summed E-state index contributed by atoms with van der Waals surface area (Å²) in [4.78, 5) is 31.9. The molecule has 0 radical (unpaired) electrons. The SMILES string of the molecule is CN(CC1COc2ccccc2O1)C(=O)CN1C(=O)COc2cccnc21. The fourth-order valence-electron chi connectivity index (χ4n) is 3.01. The Morgan fingerprint density at radius 2 is 1.96 bits per heavy atom. The van der Waals surface area contributed by atoms with Crippen molar-refractivity contribution in [2.24, 2.45) is 0 Å². The van der Waals surface area contributed by atoms with E-state index in [2.05, 4.69) is 4.98 Å². The molecule has 0 spiro atoms.